The van der Waals surface area contributed by atoms with Gasteiger partial charge in [-0.15, -0.1) is 0 Å². The Morgan fingerprint density at radius 3 is 2.29 bits per heavy atom. The Hall–Kier alpha value is -2.09. The van der Waals surface area contributed by atoms with Crippen LogP contribution in [-0.2, 0) is 10.0 Å². The van der Waals surface area contributed by atoms with E-state index < -0.39 is 10.0 Å². The first kappa shape index (κ1) is 20.6. The minimum atomic E-state index is -3.72. The monoisotopic (exact) mass is 421 g/mol. The number of hydrogen-bond acceptors (Lipinski definition) is 4. The molecule has 0 bridgehead atoms. The van der Waals surface area contributed by atoms with Crippen LogP contribution in [0, 0.1) is 6.92 Å². The van der Waals surface area contributed by atoms with E-state index in [1.165, 1.54) is 6.07 Å². The lowest BCUT2D eigenvalue weighted by Crippen LogP contribution is -2.48. The molecular weight excluding hydrogens is 398 g/mol. The number of anilines is 1. The topological polar surface area (TPSA) is 69.7 Å². The van der Waals surface area contributed by atoms with Gasteiger partial charge in [0.15, 0.2) is 0 Å². The number of halogens is 1. The third-order valence-corrected chi connectivity index (χ3v) is 6.60. The van der Waals surface area contributed by atoms with E-state index in [1.807, 2.05) is 6.92 Å². The molecule has 150 valence electrons. The first-order valence-corrected chi connectivity index (χ1v) is 11.1. The van der Waals surface area contributed by atoms with Crippen LogP contribution in [-0.4, -0.2) is 56.8 Å². The van der Waals surface area contributed by atoms with Crippen LogP contribution in [0.5, 0.6) is 0 Å². The number of likely N-dealkylation sites (N-methyl/N-ethyl adjacent to an activating group) is 1. The molecule has 0 aromatic heterocycles. The third-order valence-electron chi connectivity index (χ3n) is 4.89. The number of nitrogens with zero attached hydrogens (tertiary/aromatic N) is 2. The summed E-state index contributed by atoms with van der Waals surface area (Å²) in [5.74, 6) is -0.131. The molecule has 1 aliphatic heterocycles. The molecule has 2 aromatic carbocycles. The maximum absolute atomic E-state index is 12.7. The van der Waals surface area contributed by atoms with Crippen molar-refractivity contribution < 1.29 is 13.2 Å². The van der Waals surface area contributed by atoms with E-state index >= 15 is 0 Å². The maximum atomic E-state index is 12.7. The summed E-state index contributed by atoms with van der Waals surface area (Å²) in [6.07, 6.45) is 0. The van der Waals surface area contributed by atoms with Gasteiger partial charge in [0.25, 0.3) is 15.9 Å². The van der Waals surface area contributed by atoms with Crippen molar-refractivity contribution in [3.05, 3.63) is 58.6 Å². The highest BCUT2D eigenvalue weighted by atomic mass is 35.5. The fourth-order valence-electron chi connectivity index (χ4n) is 3.12. The lowest BCUT2D eigenvalue weighted by atomic mass is 10.1. The quantitative estimate of drug-likeness (QED) is 0.804. The van der Waals surface area contributed by atoms with Gasteiger partial charge in [-0.1, -0.05) is 36.2 Å². The van der Waals surface area contributed by atoms with Gasteiger partial charge in [0, 0.05) is 26.2 Å². The van der Waals surface area contributed by atoms with Crippen molar-refractivity contribution >= 4 is 33.2 Å². The summed E-state index contributed by atoms with van der Waals surface area (Å²) in [6, 6.07) is 11.2. The molecule has 2 aromatic rings. The molecule has 1 saturated heterocycles. The zero-order valence-corrected chi connectivity index (χ0v) is 17.6. The smallest absolute Gasteiger partial charge is 0.261 e. The predicted molar refractivity (Wildman–Crippen MR) is 111 cm³/mol. The standard InChI is InChI=1S/C20H24ClN3O3S/c1-3-23-10-12-24(13-11-23)20(25)18-9-6-16(14-19(18)21)22-28(26,27)17-7-4-15(2)5-8-17/h4-9,14,22H,3,10-13H2,1-2H3. The van der Waals surface area contributed by atoms with E-state index in [0.717, 1.165) is 25.2 Å². The van der Waals surface area contributed by atoms with Crippen molar-refractivity contribution in [1.82, 2.24) is 9.80 Å². The van der Waals surface area contributed by atoms with Crippen LogP contribution < -0.4 is 4.72 Å². The van der Waals surface area contributed by atoms with E-state index in [1.54, 1.807) is 41.3 Å². The van der Waals surface area contributed by atoms with Gasteiger partial charge in [0.1, 0.15) is 0 Å². The lowest BCUT2D eigenvalue weighted by molar-refractivity contribution is 0.0643. The summed E-state index contributed by atoms with van der Waals surface area (Å²) in [7, 11) is -3.72. The SMILES string of the molecule is CCN1CCN(C(=O)c2ccc(NS(=O)(=O)c3ccc(C)cc3)cc2Cl)CC1. The number of carbonyl (C=O) groups excluding carboxylic acids is 1. The Balaban J connectivity index is 1.73. The number of benzene rings is 2. The Morgan fingerprint density at radius 1 is 1.07 bits per heavy atom. The molecule has 0 spiro atoms. The molecule has 6 nitrogen and oxygen atoms in total. The molecule has 28 heavy (non-hydrogen) atoms. The molecule has 8 heteroatoms. The van der Waals surface area contributed by atoms with Gasteiger partial charge in [0.05, 0.1) is 21.2 Å². The first-order chi connectivity index (χ1) is 13.3. The molecule has 0 atom stereocenters. The number of hydrogen-bond donors (Lipinski definition) is 1. The molecule has 1 N–H and O–H groups in total. The Kier molecular flexibility index (Phi) is 6.27. The fourth-order valence-corrected chi connectivity index (χ4v) is 4.43. The van der Waals surface area contributed by atoms with E-state index in [2.05, 4.69) is 16.5 Å². The van der Waals surface area contributed by atoms with Gasteiger partial charge >= 0.3 is 0 Å². The van der Waals surface area contributed by atoms with Gasteiger partial charge in [0.2, 0.25) is 0 Å². The Labute approximate surface area is 171 Å². The van der Waals surface area contributed by atoms with E-state index in [9.17, 15) is 13.2 Å². The van der Waals surface area contributed by atoms with Crippen molar-refractivity contribution in [2.75, 3.05) is 37.4 Å². The summed E-state index contributed by atoms with van der Waals surface area (Å²) < 4.78 is 27.5. The number of sulfonamides is 1. The molecule has 3 rings (SSSR count). The molecule has 1 aliphatic rings. The highest BCUT2D eigenvalue weighted by Crippen LogP contribution is 2.25. The maximum Gasteiger partial charge on any atom is 0.261 e. The summed E-state index contributed by atoms with van der Waals surface area (Å²) in [4.78, 5) is 17.0. The second kappa shape index (κ2) is 8.51. The van der Waals surface area contributed by atoms with Crippen molar-refractivity contribution in [1.29, 1.82) is 0 Å². The molecule has 0 saturated carbocycles. The number of carbonyl (C=O) groups is 1. The molecule has 0 aliphatic carbocycles. The van der Waals surface area contributed by atoms with Gasteiger partial charge < -0.3 is 9.80 Å². The normalized spacial score (nSPS) is 15.5. The van der Waals surface area contributed by atoms with Gasteiger partial charge in [-0.05, 0) is 43.8 Å². The second-order valence-corrected chi connectivity index (χ2v) is 8.93. The summed E-state index contributed by atoms with van der Waals surface area (Å²) >= 11 is 6.30. The summed E-state index contributed by atoms with van der Waals surface area (Å²) in [5, 5.41) is 0.229. The zero-order chi connectivity index (χ0) is 20.3. The molecule has 0 radical (unpaired) electrons. The van der Waals surface area contributed by atoms with Crippen LogP contribution in [0.2, 0.25) is 5.02 Å². The molecule has 1 heterocycles. The van der Waals surface area contributed by atoms with Crippen LogP contribution in [0.4, 0.5) is 5.69 Å². The van der Waals surface area contributed by atoms with Gasteiger partial charge in [-0.2, -0.15) is 0 Å². The number of rotatable bonds is 5. The number of amides is 1. The predicted octanol–water partition coefficient (Wildman–Crippen LogP) is 3.23. The second-order valence-electron chi connectivity index (χ2n) is 6.84. The minimum Gasteiger partial charge on any atom is -0.336 e. The largest absolute Gasteiger partial charge is 0.336 e. The van der Waals surface area contributed by atoms with Crippen molar-refractivity contribution in [3.63, 3.8) is 0 Å². The van der Waals surface area contributed by atoms with Crippen LogP contribution >= 0.6 is 11.6 Å². The number of piperazine rings is 1. The van der Waals surface area contributed by atoms with Crippen LogP contribution in [0.15, 0.2) is 47.4 Å². The third kappa shape index (κ3) is 4.66. The zero-order valence-electron chi connectivity index (χ0n) is 16.0. The minimum absolute atomic E-state index is 0.131. The van der Waals surface area contributed by atoms with Gasteiger partial charge in [-0.3, -0.25) is 9.52 Å². The average Bonchev–Trinajstić information content (AvgIpc) is 2.68. The van der Waals surface area contributed by atoms with Crippen LogP contribution in [0.1, 0.15) is 22.8 Å². The Morgan fingerprint density at radius 2 is 1.71 bits per heavy atom. The van der Waals surface area contributed by atoms with Crippen molar-refractivity contribution in [3.8, 4) is 0 Å². The lowest BCUT2D eigenvalue weighted by Gasteiger charge is -2.34. The summed E-state index contributed by atoms with van der Waals surface area (Å²) in [6.45, 7) is 7.96. The number of aryl methyl sites for hydroxylation is 1. The first-order valence-electron chi connectivity index (χ1n) is 9.21. The average molecular weight is 422 g/mol. The van der Waals surface area contributed by atoms with Crippen LogP contribution in [0.25, 0.3) is 0 Å². The van der Waals surface area contributed by atoms with E-state index in [-0.39, 0.29) is 15.8 Å². The van der Waals surface area contributed by atoms with E-state index in [0.29, 0.717) is 24.3 Å². The van der Waals surface area contributed by atoms with Crippen LogP contribution in [0.3, 0.4) is 0 Å². The summed E-state index contributed by atoms with van der Waals surface area (Å²) in [5.41, 5.74) is 1.67. The number of nitrogens with one attached hydrogen (secondary N) is 1. The Bertz CT molecular complexity index is 953. The highest BCUT2D eigenvalue weighted by Gasteiger charge is 2.23. The fraction of sp³-hybridized carbons (Fsp3) is 0.350. The molecule has 1 fully saturated rings. The van der Waals surface area contributed by atoms with E-state index in [4.69, 9.17) is 11.6 Å². The van der Waals surface area contributed by atoms with Gasteiger partial charge in [-0.25, -0.2) is 8.42 Å². The highest BCUT2D eigenvalue weighted by molar-refractivity contribution is 7.92. The molecule has 0 unspecified atom stereocenters. The molecule has 1 amide bonds. The molecular formula is C20H24ClN3O3S. The van der Waals surface area contributed by atoms with Crippen molar-refractivity contribution in [2.45, 2.75) is 18.7 Å². The van der Waals surface area contributed by atoms with Crippen molar-refractivity contribution in [2.24, 2.45) is 0 Å².